The van der Waals surface area contributed by atoms with Gasteiger partial charge in [-0.3, -0.25) is 9.59 Å². The Morgan fingerprint density at radius 3 is 2.77 bits per heavy atom. The van der Waals surface area contributed by atoms with Crippen LogP contribution < -0.4 is 10.6 Å². The Morgan fingerprint density at radius 1 is 1.45 bits per heavy atom. The summed E-state index contributed by atoms with van der Waals surface area (Å²) in [5.74, 6) is -1.03. The van der Waals surface area contributed by atoms with Crippen molar-refractivity contribution in [2.45, 2.75) is 31.1 Å². The number of hydrogen-bond acceptors (Lipinski definition) is 4. The molecule has 2 rings (SSSR count). The highest BCUT2D eigenvalue weighted by molar-refractivity contribution is 5.89. The molecular weight excluding hydrogens is 327 g/mol. The lowest BCUT2D eigenvalue weighted by atomic mass is 10.1. The molecule has 6 nitrogen and oxygen atoms in total. The summed E-state index contributed by atoms with van der Waals surface area (Å²) in [6.07, 6.45) is -4.07. The normalized spacial score (nSPS) is 25.8. The molecule has 0 radical (unpaired) electrons. The first kappa shape index (κ1) is 19.0. The van der Waals surface area contributed by atoms with Crippen molar-refractivity contribution < 1.29 is 27.5 Å². The molecule has 2 saturated heterocycles. The Morgan fingerprint density at radius 2 is 2.18 bits per heavy atom. The number of nitrogens with zero attached hydrogens (tertiary/aromatic N) is 1. The molecule has 22 heavy (non-hydrogen) atoms. The van der Waals surface area contributed by atoms with Crippen LogP contribution in [0.2, 0.25) is 0 Å². The lowest BCUT2D eigenvalue weighted by molar-refractivity contribution is -0.158. The molecule has 0 saturated carbocycles. The minimum Gasteiger partial charge on any atom is -0.378 e. The Bertz CT molecular complexity index is 403. The highest BCUT2D eigenvalue weighted by Crippen LogP contribution is 2.20. The van der Waals surface area contributed by atoms with E-state index in [4.69, 9.17) is 4.74 Å². The van der Waals surface area contributed by atoms with E-state index in [9.17, 15) is 22.8 Å². The Balaban J connectivity index is 0.00000242. The fraction of sp³-hybridized carbons (Fsp3) is 0.833. The third-order valence-corrected chi connectivity index (χ3v) is 3.43. The second-order valence-corrected chi connectivity index (χ2v) is 5.21. The van der Waals surface area contributed by atoms with Gasteiger partial charge in [0.25, 0.3) is 0 Å². The molecule has 2 atom stereocenters. The van der Waals surface area contributed by atoms with Gasteiger partial charge in [0.15, 0.2) is 0 Å². The van der Waals surface area contributed by atoms with Crippen LogP contribution in [0.1, 0.15) is 12.8 Å². The number of alkyl halides is 3. The van der Waals surface area contributed by atoms with Gasteiger partial charge in [0.1, 0.15) is 12.6 Å². The standard InChI is InChI=1S/C12H18F3N3O3.ClH/c13-12(14,15)7-18-3-1-9(11(18)20)17-10(19)5-8-6-21-4-2-16-8;/h8-9,16H,1-7H2,(H,17,19);1H. The number of rotatable bonds is 4. The first-order chi connectivity index (χ1) is 9.85. The molecular formula is C12H19ClF3N3O3. The molecule has 2 aliphatic heterocycles. The summed E-state index contributed by atoms with van der Waals surface area (Å²) >= 11 is 0. The number of nitrogens with one attached hydrogen (secondary N) is 2. The summed E-state index contributed by atoms with van der Waals surface area (Å²) in [5, 5.41) is 5.59. The van der Waals surface area contributed by atoms with E-state index in [2.05, 4.69) is 10.6 Å². The second kappa shape index (κ2) is 7.98. The van der Waals surface area contributed by atoms with Crippen molar-refractivity contribution in [3.63, 3.8) is 0 Å². The summed E-state index contributed by atoms with van der Waals surface area (Å²) in [4.78, 5) is 24.3. The van der Waals surface area contributed by atoms with E-state index in [1.807, 2.05) is 0 Å². The molecule has 128 valence electrons. The number of morpholine rings is 1. The van der Waals surface area contributed by atoms with E-state index in [0.717, 1.165) is 4.90 Å². The number of carbonyl (C=O) groups excluding carboxylic acids is 2. The van der Waals surface area contributed by atoms with Gasteiger partial charge in [0, 0.05) is 25.6 Å². The van der Waals surface area contributed by atoms with E-state index in [-0.39, 0.29) is 43.7 Å². The van der Waals surface area contributed by atoms with Crippen LogP contribution in [0, 0.1) is 0 Å². The maximum Gasteiger partial charge on any atom is 0.406 e. The number of ether oxygens (including phenoxy) is 1. The van der Waals surface area contributed by atoms with E-state index in [1.165, 1.54) is 0 Å². The molecule has 0 aliphatic carbocycles. The van der Waals surface area contributed by atoms with Gasteiger partial charge >= 0.3 is 6.18 Å². The average molecular weight is 346 g/mol. The predicted molar refractivity (Wildman–Crippen MR) is 73.7 cm³/mol. The number of amides is 2. The molecule has 2 unspecified atom stereocenters. The summed E-state index contributed by atoms with van der Waals surface area (Å²) < 4.78 is 42.0. The molecule has 2 aliphatic rings. The van der Waals surface area contributed by atoms with Crippen molar-refractivity contribution in [1.82, 2.24) is 15.5 Å². The first-order valence-corrected chi connectivity index (χ1v) is 6.81. The fourth-order valence-electron chi connectivity index (χ4n) is 2.47. The zero-order valence-corrected chi connectivity index (χ0v) is 12.6. The minimum absolute atomic E-state index is 0. The van der Waals surface area contributed by atoms with Gasteiger partial charge in [0.05, 0.1) is 13.2 Å². The van der Waals surface area contributed by atoms with Crippen LogP contribution in [-0.4, -0.2) is 67.8 Å². The Labute approximate surface area is 132 Å². The zero-order valence-electron chi connectivity index (χ0n) is 11.8. The highest BCUT2D eigenvalue weighted by atomic mass is 35.5. The highest BCUT2D eigenvalue weighted by Gasteiger charge is 2.39. The van der Waals surface area contributed by atoms with Gasteiger partial charge in [-0.05, 0) is 6.42 Å². The number of likely N-dealkylation sites (tertiary alicyclic amines) is 1. The van der Waals surface area contributed by atoms with Gasteiger partial charge in [-0.15, -0.1) is 12.4 Å². The van der Waals surface area contributed by atoms with E-state index < -0.39 is 24.7 Å². The van der Waals surface area contributed by atoms with Crippen LogP contribution in [0.5, 0.6) is 0 Å². The first-order valence-electron chi connectivity index (χ1n) is 6.81. The summed E-state index contributed by atoms with van der Waals surface area (Å²) in [7, 11) is 0. The lowest BCUT2D eigenvalue weighted by Crippen LogP contribution is -2.47. The van der Waals surface area contributed by atoms with Crippen LogP contribution in [0.4, 0.5) is 13.2 Å². The summed E-state index contributed by atoms with van der Waals surface area (Å²) in [5.41, 5.74) is 0. The quantitative estimate of drug-likeness (QED) is 0.756. The van der Waals surface area contributed by atoms with E-state index in [1.54, 1.807) is 0 Å². The predicted octanol–water partition coefficient (Wildman–Crippen LogP) is 0.0661. The molecule has 0 bridgehead atoms. The molecule has 0 aromatic carbocycles. The van der Waals surface area contributed by atoms with E-state index in [0.29, 0.717) is 19.8 Å². The number of hydrogen-bond donors (Lipinski definition) is 2. The van der Waals surface area contributed by atoms with Crippen molar-refractivity contribution in [2.75, 3.05) is 32.8 Å². The summed E-state index contributed by atoms with van der Waals surface area (Å²) in [6.45, 7) is 0.391. The van der Waals surface area contributed by atoms with Crippen LogP contribution >= 0.6 is 12.4 Å². The van der Waals surface area contributed by atoms with Crippen molar-refractivity contribution in [3.05, 3.63) is 0 Å². The number of carbonyl (C=O) groups is 2. The SMILES string of the molecule is Cl.O=C(CC1COCCN1)NC1CCN(CC(F)(F)F)C1=O. The molecule has 2 N–H and O–H groups in total. The largest absolute Gasteiger partial charge is 0.406 e. The maximum absolute atomic E-state index is 12.3. The molecule has 2 fully saturated rings. The van der Waals surface area contributed by atoms with Crippen molar-refractivity contribution >= 4 is 24.2 Å². The van der Waals surface area contributed by atoms with Crippen molar-refractivity contribution in [3.8, 4) is 0 Å². The summed E-state index contributed by atoms with van der Waals surface area (Å²) in [6, 6.07) is -0.981. The fourth-order valence-corrected chi connectivity index (χ4v) is 2.47. The van der Waals surface area contributed by atoms with Crippen molar-refractivity contribution in [2.24, 2.45) is 0 Å². The van der Waals surface area contributed by atoms with Gasteiger partial charge in [-0.25, -0.2) is 0 Å². The van der Waals surface area contributed by atoms with Crippen LogP contribution in [0.15, 0.2) is 0 Å². The van der Waals surface area contributed by atoms with Crippen LogP contribution in [-0.2, 0) is 14.3 Å². The molecule has 2 amide bonds. The Kier molecular flexibility index (Phi) is 6.89. The maximum atomic E-state index is 12.3. The Hall–Kier alpha value is -1.06. The van der Waals surface area contributed by atoms with Crippen LogP contribution in [0.3, 0.4) is 0 Å². The second-order valence-electron chi connectivity index (χ2n) is 5.21. The van der Waals surface area contributed by atoms with Gasteiger partial charge in [-0.2, -0.15) is 13.2 Å². The molecule has 0 aromatic rings. The third kappa shape index (κ3) is 5.62. The molecule has 0 spiro atoms. The molecule has 0 aromatic heterocycles. The molecule has 10 heteroatoms. The van der Waals surface area contributed by atoms with Gasteiger partial charge < -0.3 is 20.3 Å². The minimum atomic E-state index is -4.42. The number of halogens is 4. The molecule has 2 heterocycles. The van der Waals surface area contributed by atoms with Gasteiger partial charge in [-0.1, -0.05) is 0 Å². The smallest absolute Gasteiger partial charge is 0.378 e. The third-order valence-electron chi connectivity index (χ3n) is 3.43. The monoisotopic (exact) mass is 345 g/mol. The van der Waals surface area contributed by atoms with Crippen molar-refractivity contribution in [1.29, 1.82) is 0 Å². The zero-order chi connectivity index (χ0) is 15.5. The van der Waals surface area contributed by atoms with Crippen LogP contribution in [0.25, 0.3) is 0 Å². The van der Waals surface area contributed by atoms with Gasteiger partial charge in [0.2, 0.25) is 11.8 Å². The van der Waals surface area contributed by atoms with E-state index >= 15 is 0 Å². The average Bonchev–Trinajstić information content (AvgIpc) is 2.71. The lowest BCUT2D eigenvalue weighted by Gasteiger charge is -2.24. The topological polar surface area (TPSA) is 70.7 Å².